The minimum atomic E-state index is 0.451. The Morgan fingerprint density at radius 2 is 2.19 bits per heavy atom. The molecule has 116 valence electrons. The molecule has 0 radical (unpaired) electrons. The molecule has 1 N–H and O–H groups in total. The van der Waals surface area contributed by atoms with Crippen LogP contribution in [-0.4, -0.2) is 20.2 Å². The van der Waals surface area contributed by atoms with Crippen molar-refractivity contribution < 1.29 is 4.74 Å². The minimum absolute atomic E-state index is 0.451. The Hall–Kier alpha value is -1.02. The summed E-state index contributed by atoms with van der Waals surface area (Å²) in [5.41, 5.74) is 3.34. The number of fused-ring (bicyclic) bond motifs is 1. The zero-order valence-electron chi connectivity index (χ0n) is 13.7. The van der Waals surface area contributed by atoms with Crippen molar-refractivity contribution in [1.82, 2.24) is 5.32 Å². The molecule has 2 unspecified atom stereocenters. The summed E-state index contributed by atoms with van der Waals surface area (Å²) in [5, 5.41) is 3.40. The molecule has 1 saturated carbocycles. The van der Waals surface area contributed by atoms with Crippen LogP contribution in [0.15, 0.2) is 18.2 Å². The zero-order chi connectivity index (χ0) is 14.9. The van der Waals surface area contributed by atoms with Crippen molar-refractivity contribution in [3.8, 4) is 5.75 Å². The predicted octanol–water partition coefficient (Wildman–Crippen LogP) is 4.14. The van der Waals surface area contributed by atoms with E-state index in [1.165, 1.54) is 42.6 Å². The summed E-state index contributed by atoms with van der Waals surface area (Å²) in [6.45, 7) is 6.85. The van der Waals surface area contributed by atoms with Gasteiger partial charge in [0.25, 0.3) is 0 Å². The second-order valence-corrected chi connectivity index (χ2v) is 7.62. The van der Waals surface area contributed by atoms with Crippen LogP contribution < -0.4 is 10.1 Å². The summed E-state index contributed by atoms with van der Waals surface area (Å²) in [5.74, 6) is 2.59. The third-order valence-corrected chi connectivity index (χ3v) is 5.36. The fraction of sp³-hybridized carbons (Fsp3) is 0.684. The van der Waals surface area contributed by atoms with Gasteiger partial charge in [-0.25, -0.2) is 0 Å². The number of aryl methyl sites for hydroxylation is 1. The van der Waals surface area contributed by atoms with Crippen LogP contribution >= 0.6 is 0 Å². The van der Waals surface area contributed by atoms with E-state index in [9.17, 15) is 0 Å². The van der Waals surface area contributed by atoms with Gasteiger partial charge in [0.05, 0.1) is 6.61 Å². The first-order chi connectivity index (χ1) is 10.1. The number of benzene rings is 1. The second-order valence-electron chi connectivity index (χ2n) is 7.62. The Labute approximate surface area is 129 Å². The van der Waals surface area contributed by atoms with Crippen molar-refractivity contribution in [3.63, 3.8) is 0 Å². The molecule has 0 spiro atoms. The number of hydrogen-bond acceptors (Lipinski definition) is 2. The van der Waals surface area contributed by atoms with E-state index in [4.69, 9.17) is 4.74 Å². The molecule has 0 amide bonds. The number of ether oxygens (including phenoxy) is 1. The molecule has 0 bridgehead atoms. The SMILES string of the molecule is CNCC1CCC(C)(C)CC1c1cccc2c1OCCC2. The first-order valence-electron chi connectivity index (χ1n) is 8.50. The van der Waals surface area contributed by atoms with E-state index in [-0.39, 0.29) is 0 Å². The lowest BCUT2D eigenvalue weighted by molar-refractivity contribution is 0.157. The molecule has 0 saturated heterocycles. The molecule has 1 aliphatic carbocycles. The van der Waals surface area contributed by atoms with Crippen molar-refractivity contribution in [3.05, 3.63) is 29.3 Å². The molecule has 2 atom stereocenters. The highest BCUT2D eigenvalue weighted by molar-refractivity contribution is 5.45. The van der Waals surface area contributed by atoms with Crippen molar-refractivity contribution in [2.24, 2.45) is 11.3 Å². The monoisotopic (exact) mass is 287 g/mol. The van der Waals surface area contributed by atoms with Gasteiger partial charge in [-0.05, 0) is 74.1 Å². The van der Waals surface area contributed by atoms with Crippen LogP contribution in [0.3, 0.4) is 0 Å². The highest BCUT2D eigenvalue weighted by atomic mass is 16.5. The molecule has 2 nitrogen and oxygen atoms in total. The Balaban J connectivity index is 1.95. The van der Waals surface area contributed by atoms with E-state index < -0.39 is 0 Å². The summed E-state index contributed by atoms with van der Waals surface area (Å²) in [6.07, 6.45) is 6.27. The number of nitrogens with one attached hydrogen (secondary N) is 1. The lowest BCUT2D eigenvalue weighted by Gasteiger charge is -2.42. The molecule has 2 heteroatoms. The topological polar surface area (TPSA) is 21.3 Å². The van der Waals surface area contributed by atoms with Crippen LogP contribution in [0.5, 0.6) is 5.75 Å². The average molecular weight is 287 g/mol. The lowest BCUT2D eigenvalue weighted by atomic mass is 9.64. The summed E-state index contributed by atoms with van der Waals surface area (Å²) in [6, 6.07) is 6.80. The van der Waals surface area contributed by atoms with E-state index in [0.29, 0.717) is 11.3 Å². The third kappa shape index (κ3) is 3.11. The number of rotatable bonds is 3. The molecule has 1 aromatic rings. The molecular weight excluding hydrogens is 258 g/mol. The Morgan fingerprint density at radius 3 is 3.00 bits per heavy atom. The number of hydrogen-bond donors (Lipinski definition) is 1. The van der Waals surface area contributed by atoms with Crippen LogP contribution in [0.25, 0.3) is 0 Å². The van der Waals surface area contributed by atoms with Gasteiger partial charge < -0.3 is 10.1 Å². The van der Waals surface area contributed by atoms with Crippen LogP contribution in [0.4, 0.5) is 0 Å². The van der Waals surface area contributed by atoms with Gasteiger partial charge in [-0.2, -0.15) is 0 Å². The fourth-order valence-electron chi connectivity index (χ4n) is 4.22. The fourth-order valence-corrected chi connectivity index (χ4v) is 4.22. The Bertz CT molecular complexity index is 494. The van der Waals surface area contributed by atoms with Gasteiger partial charge in [0.2, 0.25) is 0 Å². The van der Waals surface area contributed by atoms with Crippen molar-refractivity contribution in [1.29, 1.82) is 0 Å². The van der Waals surface area contributed by atoms with Crippen LogP contribution in [-0.2, 0) is 6.42 Å². The maximum absolute atomic E-state index is 6.08. The predicted molar refractivity (Wildman–Crippen MR) is 88.0 cm³/mol. The minimum Gasteiger partial charge on any atom is -0.493 e. The van der Waals surface area contributed by atoms with E-state index in [2.05, 4.69) is 44.4 Å². The standard InChI is InChI=1S/C19H29NO/c1-19(2)10-9-15(13-20-3)17(12-19)16-8-4-6-14-7-5-11-21-18(14)16/h4,6,8,15,17,20H,5,7,9-13H2,1-3H3. The normalized spacial score (nSPS) is 27.8. The highest BCUT2D eigenvalue weighted by Crippen LogP contribution is 2.49. The molecule has 1 aromatic carbocycles. The van der Waals surface area contributed by atoms with E-state index in [1.807, 2.05) is 0 Å². The maximum Gasteiger partial charge on any atom is 0.125 e. The van der Waals surface area contributed by atoms with Crippen LogP contribution in [0.2, 0.25) is 0 Å². The van der Waals surface area contributed by atoms with Gasteiger partial charge in [-0.3, -0.25) is 0 Å². The summed E-state index contributed by atoms with van der Waals surface area (Å²) in [7, 11) is 2.08. The van der Waals surface area contributed by atoms with Crippen molar-refractivity contribution in [2.45, 2.75) is 51.9 Å². The maximum atomic E-state index is 6.08. The van der Waals surface area contributed by atoms with Gasteiger partial charge in [-0.15, -0.1) is 0 Å². The first kappa shape index (κ1) is 14.9. The lowest BCUT2D eigenvalue weighted by Crippen LogP contribution is -2.34. The van der Waals surface area contributed by atoms with E-state index in [1.54, 1.807) is 0 Å². The molecule has 1 aliphatic heterocycles. The van der Waals surface area contributed by atoms with Gasteiger partial charge in [-0.1, -0.05) is 32.0 Å². The van der Waals surface area contributed by atoms with Crippen molar-refractivity contribution >= 4 is 0 Å². The molecular formula is C19H29NO. The summed E-state index contributed by atoms with van der Waals surface area (Å²) >= 11 is 0. The molecule has 1 heterocycles. The average Bonchev–Trinajstić information content (AvgIpc) is 2.48. The summed E-state index contributed by atoms with van der Waals surface area (Å²) < 4.78 is 6.08. The molecule has 3 rings (SSSR count). The zero-order valence-corrected chi connectivity index (χ0v) is 13.7. The van der Waals surface area contributed by atoms with E-state index in [0.717, 1.165) is 25.5 Å². The summed E-state index contributed by atoms with van der Waals surface area (Å²) in [4.78, 5) is 0. The van der Waals surface area contributed by atoms with Crippen molar-refractivity contribution in [2.75, 3.05) is 20.2 Å². The van der Waals surface area contributed by atoms with Crippen LogP contribution in [0, 0.1) is 11.3 Å². The highest BCUT2D eigenvalue weighted by Gasteiger charge is 2.37. The van der Waals surface area contributed by atoms with E-state index >= 15 is 0 Å². The number of para-hydroxylation sites is 1. The Kier molecular flexibility index (Phi) is 4.26. The second kappa shape index (κ2) is 6.00. The largest absolute Gasteiger partial charge is 0.493 e. The third-order valence-electron chi connectivity index (χ3n) is 5.36. The quantitative estimate of drug-likeness (QED) is 0.902. The van der Waals surface area contributed by atoms with Crippen LogP contribution in [0.1, 0.15) is 56.6 Å². The first-order valence-corrected chi connectivity index (χ1v) is 8.50. The molecule has 2 aliphatic rings. The molecule has 21 heavy (non-hydrogen) atoms. The van der Waals surface area contributed by atoms with Gasteiger partial charge in [0.15, 0.2) is 0 Å². The van der Waals surface area contributed by atoms with Gasteiger partial charge in [0.1, 0.15) is 5.75 Å². The Morgan fingerprint density at radius 1 is 1.33 bits per heavy atom. The molecule has 0 aromatic heterocycles. The van der Waals surface area contributed by atoms with Gasteiger partial charge in [0, 0.05) is 0 Å². The smallest absolute Gasteiger partial charge is 0.125 e. The van der Waals surface area contributed by atoms with Gasteiger partial charge >= 0.3 is 0 Å². The molecule has 1 fully saturated rings.